The third kappa shape index (κ3) is 5.66. The van der Waals surface area contributed by atoms with Crippen LogP contribution in [0.5, 0.6) is 0 Å². The van der Waals surface area contributed by atoms with Crippen molar-refractivity contribution in [2.45, 2.75) is 63.1 Å². The van der Waals surface area contributed by atoms with Gasteiger partial charge < -0.3 is 25.8 Å². The molecule has 0 radical (unpaired) electrons. The van der Waals surface area contributed by atoms with Gasteiger partial charge in [-0.25, -0.2) is 4.79 Å². The summed E-state index contributed by atoms with van der Waals surface area (Å²) < 4.78 is 0. The fraction of sp³-hybridized carbons (Fsp3) is 0.522. The largest absolute Gasteiger partial charge is 0.480 e. The third-order valence-electron chi connectivity index (χ3n) is 6.14. The minimum Gasteiger partial charge on any atom is -0.480 e. The molecule has 174 valence electrons. The first-order valence-corrected chi connectivity index (χ1v) is 11.2. The van der Waals surface area contributed by atoms with Gasteiger partial charge in [-0.05, 0) is 56.7 Å². The van der Waals surface area contributed by atoms with Crippen molar-refractivity contribution in [3.05, 3.63) is 36.0 Å². The average Bonchev–Trinajstić information content (AvgIpc) is 3.42. The number of unbranched alkanes of at least 4 members (excludes halogenated alkanes) is 1. The van der Waals surface area contributed by atoms with Crippen LogP contribution < -0.4 is 11.1 Å². The van der Waals surface area contributed by atoms with Gasteiger partial charge in [0, 0.05) is 23.6 Å². The second-order valence-electron chi connectivity index (χ2n) is 8.32. The molecular weight excluding hydrogens is 412 g/mol. The molecular formula is C23H32N4O5. The fourth-order valence-electron chi connectivity index (χ4n) is 4.42. The molecule has 1 aliphatic heterocycles. The van der Waals surface area contributed by atoms with Crippen molar-refractivity contribution in [1.82, 2.24) is 15.2 Å². The Morgan fingerprint density at radius 1 is 1.16 bits per heavy atom. The van der Waals surface area contributed by atoms with Crippen LogP contribution in [0.2, 0.25) is 0 Å². The van der Waals surface area contributed by atoms with Gasteiger partial charge in [-0.1, -0.05) is 24.6 Å². The lowest BCUT2D eigenvalue weighted by atomic mass is 10.0. The molecule has 2 aromatic rings. The van der Waals surface area contributed by atoms with Crippen molar-refractivity contribution in [2.75, 3.05) is 13.1 Å². The number of rotatable bonds is 12. The number of aromatic amines is 1. The van der Waals surface area contributed by atoms with Crippen LogP contribution in [0.15, 0.2) is 30.5 Å². The molecule has 9 heteroatoms. The molecule has 1 aliphatic rings. The number of fused-ring (bicyclic) bond motifs is 1. The van der Waals surface area contributed by atoms with Crippen molar-refractivity contribution in [3.63, 3.8) is 0 Å². The van der Waals surface area contributed by atoms with E-state index >= 15 is 0 Å². The van der Waals surface area contributed by atoms with Gasteiger partial charge in [-0.3, -0.25) is 14.9 Å². The number of aliphatic carboxylic acids is 2. The van der Waals surface area contributed by atoms with E-state index in [4.69, 9.17) is 5.73 Å². The van der Waals surface area contributed by atoms with E-state index in [1.165, 1.54) is 4.90 Å². The van der Waals surface area contributed by atoms with E-state index in [0.717, 1.165) is 16.5 Å². The van der Waals surface area contributed by atoms with Crippen molar-refractivity contribution in [1.29, 1.82) is 0 Å². The van der Waals surface area contributed by atoms with Gasteiger partial charge in [0.05, 0.1) is 6.04 Å². The molecule has 3 atom stereocenters. The molecule has 0 bridgehead atoms. The van der Waals surface area contributed by atoms with Crippen molar-refractivity contribution in [3.8, 4) is 0 Å². The summed E-state index contributed by atoms with van der Waals surface area (Å²) in [6.45, 7) is 0.850. The van der Waals surface area contributed by atoms with Crippen molar-refractivity contribution >= 4 is 28.7 Å². The van der Waals surface area contributed by atoms with Gasteiger partial charge in [-0.15, -0.1) is 0 Å². The zero-order chi connectivity index (χ0) is 23.1. The second kappa shape index (κ2) is 11.1. The lowest BCUT2D eigenvalue weighted by Crippen LogP contribution is -2.54. The molecule has 0 spiro atoms. The van der Waals surface area contributed by atoms with Gasteiger partial charge in [0.1, 0.15) is 12.1 Å². The van der Waals surface area contributed by atoms with Crippen molar-refractivity contribution in [2.24, 2.45) is 5.73 Å². The Morgan fingerprint density at radius 3 is 2.66 bits per heavy atom. The van der Waals surface area contributed by atoms with Crippen LogP contribution in [0, 0.1) is 0 Å². The number of aryl methyl sites for hydroxylation is 1. The molecule has 6 N–H and O–H groups in total. The fourth-order valence-corrected chi connectivity index (χ4v) is 4.42. The normalized spacial score (nSPS) is 18.0. The quantitative estimate of drug-likeness (QED) is 0.313. The standard InChI is InChI=1S/C23H32N4O5/c24-12-4-3-8-18(21(28)27-13-5-9-20(27)23(31)32)26-19(22(29)30)11-10-15-14-25-17-7-2-1-6-16(15)17/h1-2,6-7,14,18-20,25-26H,3-5,8-13,24H2,(H,29,30)(H,31,32)/t18-,19?,20-/m0/s1. The van der Waals surface area contributed by atoms with E-state index < -0.39 is 30.1 Å². The van der Waals surface area contributed by atoms with E-state index in [1.807, 2.05) is 30.5 Å². The molecule has 32 heavy (non-hydrogen) atoms. The molecule has 1 unspecified atom stereocenters. The van der Waals surface area contributed by atoms with Crippen LogP contribution in [0.3, 0.4) is 0 Å². The Morgan fingerprint density at radius 2 is 1.94 bits per heavy atom. The number of nitrogens with zero attached hydrogens (tertiary/aromatic N) is 1. The number of hydrogen-bond acceptors (Lipinski definition) is 5. The number of nitrogens with two attached hydrogens (primary N) is 1. The van der Waals surface area contributed by atoms with Crippen LogP contribution in [0.25, 0.3) is 10.9 Å². The minimum absolute atomic E-state index is 0.306. The summed E-state index contributed by atoms with van der Waals surface area (Å²) in [5, 5.41) is 23.3. The maximum Gasteiger partial charge on any atom is 0.326 e. The van der Waals surface area contributed by atoms with E-state index in [-0.39, 0.29) is 5.91 Å². The van der Waals surface area contributed by atoms with Crippen LogP contribution in [-0.2, 0) is 20.8 Å². The van der Waals surface area contributed by atoms with E-state index in [1.54, 1.807) is 0 Å². The van der Waals surface area contributed by atoms with Crippen LogP contribution in [-0.4, -0.2) is 69.2 Å². The van der Waals surface area contributed by atoms with Crippen molar-refractivity contribution < 1.29 is 24.6 Å². The molecule has 3 rings (SSSR count). The molecule has 1 amide bonds. The topological polar surface area (TPSA) is 149 Å². The summed E-state index contributed by atoms with van der Waals surface area (Å²) in [6.07, 6.45) is 5.53. The summed E-state index contributed by atoms with van der Waals surface area (Å²) >= 11 is 0. The highest BCUT2D eigenvalue weighted by Gasteiger charge is 2.38. The number of amides is 1. The highest BCUT2D eigenvalue weighted by atomic mass is 16.4. The number of carboxylic acids is 2. The summed E-state index contributed by atoms with van der Waals surface area (Å²) in [5.74, 6) is -2.39. The van der Waals surface area contributed by atoms with Gasteiger partial charge in [0.15, 0.2) is 0 Å². The number of benzene rings is 1. The highest BCUT2D eigenvalue weighted by Crippen LogP contribution is 2.22. The zero-order valence-corrected chi connectivity index (χ0v) is 18.1. The summed E-state index contributed by atoms with van der Waals surface area (Å²) in [7, 11) is 0. The van der Waals surface area contributed by atoms with Crippen LogP contribution in [0.1, 0.15) is 44.1 Å². The van der Waals surface area contributed by atoms with E-state index in [2.05, 4.69) is 10.3 Å². The molecule has 0 aliphatic carbocycles. The number of likely N-dealkylation sites (tertiary alicyclic amines) is 1. The van der Waals surface area contributed by atoms with Gasteiger partial charge in [0.2, 0.25) is 5.91 Å². The molecule has 0 saturated carbocycles. The summed E-state index contributed by atoms with van der Waals surface area (Å²) in [4.78, 5) is 41.3. The van der Waals surface area contributed by atoms with Gasteiger partial charge in [-0.2, -0.15) is 0 Å². The number of para-hydroxylation sites is 1. The SMILES string of the molecule is NCCCC[C@H](NC(CCc1c[nH]c2ccccc12)C(=O)O)C(=O)N1CCC[C@H]1C(=O)O. The minimum atomic E-state index is -1.03. The number of carbonyl (C=O) groups is 3. The monoisotopic (exact) mass is 444 g/mol. The number of nitrogens with one attached hydrogen (secondary N) is 2. The van der Waals surface area contributed by atoms with E-state index in [9.17, 15) is 24.6 Å². The predicted octanol–water partition coefficient (Wildman–Crippen LogP) is 1.72. The van der Waals surface area contributed by atoms with Crippen LogP contribution in [0.4, 0.5) is 0 Å². The average molecular weight is 445 g/mol. The maximum absolute atomic E-state index is 13.2. The Hall–Kier alpha value is -2.91. The lowest BCUT2D eigenvalue weighted by Gasteiger charge is -2.29. The smallest absolute Gasteiger partial charge is 0.326 e. The summed E-state index contributed by atoms with van der Waals surface area (Å²) in [6, 6.07) is 5.29. The highest BCUT2D eigenvalue weighted by molar-refractivity contribution is 5.88. The third-order valence-corrected chi connectivity index (χ3v) is 6.14. The molecule has 9 nitrogen and oxygen atoms in total. The Balaban J connectivity index is 1.71. The first-order valence-electron chi connectivity index (χ1n) is 11.2. The van der Waals surface area contributed by atoms with E-state index in [0.29, 0.717) is 58.0 Å². The molecule has 1 aromatic carbocycles. The first kappa shape index (κ1) is 23.7. The molecule has 1 aromatic heterocycles. The molecule has 1 fully saturated rings. The van der Waals surface area contributed by atoms with Crippen LogP contribution >= 0.6 is 0 Å². The number of aromatic nitrogens is 1. The number of H-pyrrole nitrogens is 1. The number of hydrogen-bond donors (Lipinski definition) is 5. The molecule has 2 heterocycles. The summed E-state index contributed by atoms with van der Waals surface area (Å²) in [5.41, 5.74) is 7.59. The maximum atomic E-state index is 13.2. The first-order chi connectivity index (χ1) is 15.4. The Kier molecular flexibility index (Phi) is 8.24. The second-order valence-corrected chi connectivity index (χ2v) is 8.32. The Labute approximate surface area is 187 Å². The predicted molar refractivity (Wildman–Crippen MR) is 120 cm³/mol. The Bertz CT molecular complexity index is 943. The van der Waals surface area contributed by atoms with Gasteiger partial charge in [0.25, 0.3) is 0 Å². The lowest BCUT2D eigenvalue weighted by molar-refractivity contribution is -0.149. The van der Waals surface area contributed by atoms with Gasteiger partial charge >= 0.3 is 11.9 Å². The number of carboxylic acid groups (broad SMARTS) is 2. The zero-order valence-electron chi connectivity index (χ0n) is 18.1. The number of carbonyl (C=O) groups excluding carboxylic acids is 1. The molecule has 1 saturated heterocycles.